The molecule has 0 aromatic rings. The smallest absolute Gasteiger partial charge is 0.139 e. The van der Waals surface area contributed by atoms with Gasteiger partial charge in [0.2, 0.25) is 0 Å². The minimum atomic E-state index is 0.0621. The third-order valence-corrected chi connectivity index (χ3v) is 2.89. The van der Waals surface area contributed by atoms with Gasteiger partial charge in [-0.15, -0.1) is 0 Å². The summed E-state index contributed by atoms with van der Waals surface area (Å²) >= 11 is 0. The second-order valence-corrected chi connectivity index (χ2v) is 3.65. The van der Waals surface area contributed by atoms with Crippen molar-refractivity contribution in [2.75, 3.05) is 6.61 Å². The number of fused-ring (bicyclic) bond motifs is 2. The molecular weight excluding hydrogens is 180 g/mol. The molecule has 4 atom stereocenters. The summed E-state index contributed by atoms with van der Waals surface area (Å²) in [5, 5.41) is 0. The summed E-state index contributed by atoms with van der Waals surface area (Å²) in [5.41, 5.74) is 0. The molecule has 2 aliphatic rings. The van der Waals surface area contributed by atoms with Crippen molar-refractivity contribution < 1.29 is 14.2 Å². The lowest BCUT2D eigenvalue weighted by atomic mass is 9.88. The van der Waals surface area contributed by atoms with Crippen LogP contribution in [-0.4, -0.2) is 24.9 Å². The van der Waals surface area contributed by atoms with Gasteiger partial charge in [0.25, 0.3) is 0 Å². The van der Waals surface area contributed by atoms with Crippen molar-refractivity contribution in [3.63, 3.8) is 0 Å². The van der Waals surface area contributed by atoms with Gasteiger partial charge in [0.1, 0.15) is 24.9 Å². The summed E-state index contributed by atoms with van der Waals surface area (Å²) in [6.45, 7) is 0.570. The fraction of sp³-hybridized carbons (Fsp3) is 0.636. The van der Waals surface area contributed by atoms with E-state index in [-0.39, 0.29) is 18.3 Å². The Morgan fingerprint density at radius 1 is 1.21 bits per heavy atom. The molecule has 74 valence electrons. The van der Waals surface area contributed by atoms with Gasteiger partial charge in [-0.1, -0.05) is 12.8 Å². The first kappa shape index (κ1) is 9.24. The number of terminal acetylenes is 2. The highest BCUT2D eigenvalue weighted by Gasteiger charge is 2.48. The monoisotopic (exact) mass is 192 g/mol. The molecule has 2 aliphatic heterocycles. The molecule has 14 heavy (non-hydrogen) atoms. The topological polar surface area (TPSA) is 27.7 Å². The van der Waals surface area contributed by atoms with Gasteiger partial charge in [-0.3, -0.25) is 0 Å². The fourth-order valence-electron chi connectivity index (χ4n) is 2.25. The van der Waals surface area contributed by atoms with E-state index >= 15 is 0 Å². The largest absolute Gasteiger partial charge is 0.446 e. The van der Waals surface area contributed by atoms with E-state index in [0.717, 1.165) is 12.8 Å². The van der Waals surface area contributed by atoms with E-state index in [2.05, 4.69) is 12.2 Å². The maximum Gasteiger partial charge on any atom is 0.139 e. The number of rotatable bonds is 3. The van der Waals surface area contributed by atoms with E-state index < -0.39 is 0 Å². The average Bonchev–Trinajstić information content (AvgIpc) is 2.74. The Balaban J connectivity index is 1.85. The Hall–Kier alpha value is -1.32. The van der Waals surface area contributed by atoms with Crippen molar-refractivity contribution in [1.82, 2.24) is 0 Å². The number of ether oxygens (including phenoxy) is 3. The van der Waals surface area contributed by atoms with Crippen LogP contribution in [0.15, 0.2) is 0 Å². The van der Waals surface area contributed by atoms with Gasteiger partial charge in [-0.25, -0.2) is 0 Å². The summed E-state index contributed by atoms with van der Waals surface area (Å²) < 4.78 is 15.7. The Bertz CT molecular complexity index is 286. The van der Waals surface area contributed by atoms with Crippen molar-refractivity contribution in [2.45, 2.75) is 31.2 Å². The quantitative estimate of drug-likeness (QED) is 0.617. The van der Waals surface area contributed by atoms with Crippen LogP contribution >= 0.6 is 0 Å². The highest BCUT2D eigenvalue weighted by molar-refractivity contribution is 4.97. The first-order valence-corrected chi connectivity index (χ1v) is 4.69. The lowest BCUT2D eigenvalue weighted by molar-refractivity contribution is 0.0509. The molecule has 0 aromatic carbocycles. The van der Waals surface area contributed by atoms with Gasteiger partial charge in [-0.2, -0.15) is 0 Å². The molecule has 2 heterocycles. The van der Waals surface area contributed by atoms with Crippen LogP contribution in [-0.2, 0) is 14.2 Å². The fourth-order valence-corrected chi connectivity index (χ4v) is 2.25. The molecule has 0 saturated carbocycles. The standard InChI is InChI=1S/C11H12O3/c1-3-12-7-8-5-11-10(13-4-2)6-9(8)14-11/h1-2,8-11H,5-7H2. The summed E-state index contributed by atoms with van der Waals surface area (Å²) in [4.78, 5) is 0. The molecular formula is C11H12O3. The predicted molar refractivity (Wildman–Crippen MR) is 49.9 cm³/mol. The van der Waals surface area contributed by atoms with E-state index in [9.17, 15) is 0 Å². The molecule has 4 unspecified atom stereocenters. The Morgan fingerprint density at radius 3 is 2.64 bits per heavy atom. The molecule has 0 radical (unpaired) electrons. The molecule has 0 N–H and O–H groups in total. The summed E-state index contributed by atoms with van der Waals surface area (Å²) in [5.74, 6) is 0.397. The Morgan fingerprint density at radius 2 is 2.07 bits per heavy atom. The molecule has 2 bridgehead atoms. The Labute approximate surface area is 83.7 Å². The third-order valence-electron chi connectivity index (χ3n) is 2.89. The van der Waals surface area contributed by atoms with Crippen LogP contribution in [0.3, 0.4) is 0 Å². The Kier molecular flexibility index (Phi) is 2.52. The van der Waals surface area contributed by atoms with Crippen molar-refractivity contribution in [2.24, 2.45) is 5.92 Å². The first-order chi connectivity index (χ1) is 6.85. The molecule has 0 aromatic heterocycles. The van der Waals surface area contributed by atoms with Gasteiger partial charge in [0, 0.05) is 12.3 Å². The predicted octanol–water partition coefficient (Wildman–Crippen LogP) is 0.747. The number of hydrogen-bond donors (Lipinski definition) is 0. The van der Waals surface area contributed by atoms with E-state index in [1.165, 1.54) is 0 Å². The van der Waals surface area contributed by atoms with Gasteiger partial charge >= 0.3 is 0 Å². The molecule has 3 heteroatoms. The van der Waals surface area contributed by atoms with E-state index in [1.54, 1.807) is 0 Å². The lowest BCUT2D eigenvalue weighted by Gasteiger charge is -2.21. The van der Waals surface area contributed by atoms with Gasteiger partial charge in [0.05, 0.1) is 12.2 Å². The molecule has 2 saturated heterocycles. The van der Waals surface area contributed by atoms with Crippen LogP contribution in [0.2, 0.25) is 0 Å². The van der Waals surface area contributed by atoms with Crippen LogP contribution in [0, 0.1) is 31.0 Å². The molecule has 2 rings (SSSR count). The first-order valence-electron chi connectivity index (χ1n) is 4.69. The van der Waals surface area contributed by atoms with E-state index in [1.807, 2.05) is 0 Å². The molecule has 2 fully saturated rings. The second kappa shape index (κ2) is 3.82. The average molecular weight is 192 g/mol. The van der Waals surface area contributed by atoms with Crippen molar-refractivity contribution in [3.8, 4) is 25.1 Å². The van der Waals surface area contributed by atoms with Crippen LogP contribution in [0.1, 0.15) is 12.8 Å². The van der Waals surface area contributed by atoms with E-state index in [4.69, 9.17) is 27.1 Å². The van der Waals surface area contributed by atoms with Crippen LogP contribution < -0.4 is 0 Å². The van der Waals surface area contributed by atoms with Crippen molar-refractivity contribution >= 4 is 0 Å². The summed E-state index contributed by atoms with van der Waals surface area (Å²) in [6.07, 6.45) is 16.6. The van der Waals surface area contributed by atoms with Crippen molar-refractivity contribution in [1.29, 1.82) is 0 Å². The zero-order chi connectivity index (χ0) is 9.97. The molecule has 3 nitrogen and oxygen atoms in total. The van der Waals surface area contributed by atoms with Crippen LogP contribution in [0.4, 0.5) is 0 Å². The lowest BCUT2D eigenvalue weighted by Crippen LogP contribution is -2.30. The molecule has 0 aliphatic carbocycles. The second-order valence-electron chi connectivity index (χ2n) is 3.65. The van der Waals surface area contributed by atoms with Gasteiger partial charge in [0.15, 0.2) is 0 Å². The van der Waals surface area contributed by atoms with Gasteiger partial charge in [-0.05, 0) is 6.42 Å². The summed E-state index contributed by atoms with van der Waals surface area (Å²) in [6, 6.07) is 0. The molecule has 0 spiro atoms. The maximum absolute atomic E-state index is 5.68. The van der Waals surface area contributed by atoms with Crippen molar-refractivity contribution in [3.05, 3.63) is 0 Å². The van der Waals surface area contributed by atoms with Crippen LogP contribution in [0.5, 0.6) is 0 Å². The normalized spacial score (nSPS) is 38.7. The third kappa shape index (κ3) is 1.52. The molecule has 0 amide bonds. The SMILES string of the molecule is C#COCC1CC2OC1CC2OC#C. The van der Waals surface area contributed by atoms with Gasteiger partial charge < -0.3 is 14.2 Å². The zero-order valence-electron chi connectivity index (χ0n) is 7.81. The van der Waals surface area contributed by atoms with E-state index in [0.29, 0.717) is 12.5 Å². The highest BCUT2D eigenvalue weighted by Crippen LogP contribution is 2.40. The number of hydrogen-bond acceptors (Lipinski definition) is 3. The zero-order valence-corrected chi connectivity index (χ0v) is 7.81. The summed E-state index contributed by atoms with van der Waals surface area (Å²) in [7, 11) is 0. The van der Waals surface area contributed by atoms with Crippen LogP contribution in [0.25, 0.3) is 0 Å². The maximum atomic E-state index is 5.68. The highest BCUT2D eigenvalue weighted by atomic mass is 16.6. The minimum absolute atomic E-state index is 0.0621. The minimum Gasteiger partial charge on any atom is -0.446 e.